The van der Waals surface area contributed by atoms with E-state index in [2.05, 4.69) is 5.10 Å². The van der Waals surface area contributed by atoms with Gasteiger partial charge >= 0.3 is 5.97 Å². The number of carbonyl (C=O) groups is 1. The van der Waals surface area contributed by atoms with Crippen molar-refractivity contribution in [2.24, 2.45) is 0 Å². The average molecular weight is 284 g/mol. The highest BCUT2D eigenvalue weighted by Crippen LogP contribution is 2.24. The highest BCUT2D eigenvalue weighted by atomic mass is 19.1. The third-order valence-electron chi connectivity index (χ3n) is 3.56. The van der Waals surface area contributed by atoms with Gasteiger partial charge in [0.25, 0.3) is 0 Å². The maximum atomic E-state index is 13.0. The first-order valence-corrected chi connectivity index (χ1v) is 6.52. The van der Waals surface area contributed by atoms with Crippen LogP contribution in [0, 0.1) is 5.82 Å². The average Bonchev–Trinajstić information content (AvgIpc) is 2.90. The van der Waals surface area contributed by atoms with E-state index in [1.165, 1.54) is 12.1 Å². The number of nitrogens with zero attached hydrogens (tertiary/aromatic N) is 2. The Hall–Kier alpha value is -2.69. The van der Waals surface area contributed by atoms with Gasteiger partial charge in [-0.2, -0.15) is 5.10 Å². The summed E-state index contributed by atoms with van der Waals surface area (Å²) in [4.78, 5) is 11.1. The van der Waals surface area contributed by atoms with Gasteiger partial charge in [-0.3, -0.25) is 4.68 Å². The van der Waals surface area contributed by atoms with Gasteiger partial charge in [0.2, 0.25) is 0 Å². The molecule has 2 aromatic carbocycles. The zero-order valence-corrected chi connectivity index (χ0v) is 11.3. The summed E-state index contributed by atoms with van der Waals surface area (Å²) < 4.78 is 14.7. The van der Waals surface area contributed by atoms with Crippen LogP contribution < -0.4 is 0 Å². The molecule has 0 spiro atoms. The monoisotopic (exact) mass is 284 g/mol. The van der Waals surface area contributed by atoms with Crippen LogP contribution in [0.15, 0.2) is 48.7 Å². The molecule has 0 aliphatic heterocycles. The molecule has 0 amide bonds. The van der Waals surface area contributed by atoms with E-state index in [-0.39, 0.29) is 17.4 Å². The minimum atomic E-state index is -0.973. The molecule has 1 N–H and O–H groups in total. The van der Waals surface area contributed by atoms with Crippen molar-refractivity contribution in [3.8, 4) is 0 Å². The number of fused-ring (bicyclic) bond motifs is 1. The molecule has 1 atom stereocenters. The second-order valence-corrected chi connectivity index (χ2v) is 4.90. The second-order valence-electron chi connectivity index (χ2n) is 4.90. The van der Waals surface area contributed by atoms with Crippen molar-refractivity contribution in [1.82, 2.24) is 9.78 Å². The van der Waals surface area contributed by atoms with Gasteiger partial charge in [-0.1, -0.05) is 18.2 Å². The molecule has 3 aromatic rings. The topological polar surface area (TPSA) is 55.1 Å². The van der Waals surface area contributed by atoms with Gasteiger partial charge in [0.05, 0.1) is 23.3 Å². The molecule has 0 saturated carbocycles. The summed E-state index contributed by atoms with van der Waals surface area (Å²) in [5, 5.41) is 14.3. The van der Waals surface area contributed by atoms with Crippen LogP contribution >= 0.6 is 0 Å². The molecule has 0 aliphatic carbocycles. The molecule has 0 fully saturated rings. The Kier molecular flexibility index (Phi) is 3.17. The van der Waals surface area contributed by atoms with Crippen molar-refractivity contribution in [1.29, 1.82) is 0 Å². The molecule has 1 aromatic heterocycles. The summed E-state index contributed by atoms with van der Waals surface area (Å²) in [6.07, 6.45) is 1.70. The van der Waals surface area contributed by atoms with Gasteiger partial charge in [-0.05, 0) is 36.8 Å². The number of hydrogen-bond donors (Lipinski definition) is 1. The van der Waals surface area contributed by atoms with E-state index in [0.717, 1.165) is 16.5 Å². The number of hydrogen-bond acceptors (Lipinski definition) is 2. The van der Waals surface area contributed by atoms with Gasteiger partial charge in [-0.15, -0.1) is 0 Å². The first-order valence-electron chi connectivity index (χ1n) is 6.52. The Bertz CT molecular complexity index is 809. The Balaban J connectivity index is 2.09. The third-order valence-corrected chi connectivity index (χ3v) is 3.56. The van der Waals surface area contributed by atoms with Crippen LogP contribution in [0.5, 0.6) is 0 Å². The highest BCUT2D eigenvalue weighted by molar-refractivity contribution is 5.93. The van der Waals surface area contributed by atoms with Crippen molar-refractivity contribution in [3.63, 3.8) is 0 Å². The van der Waals surface area contributed by atoms with Crippen molar-refractivity contribution in [2.75, 3.05) is 0 Å². The molecule has 0 radical (unpaired) electrons. The quantitative estimate of drug-likeness (QED) is 0.801. The number of aromatic carboxylic acids is 1. The molecule has 3 rings (SSSR count). The minimum absolute atomic E-state index is 0.118. The Morgan fingerprint density at radius 1 is 1.24 bits per heavy atom. The zero-order valence-electron chi connectivity index (χ0n) is 11.3. The third kappa shape index (κ3) is 2.38. The van der Waals surface area contributed by atoms with Crippen LogP contribution in [0.2, 0.25) is 0 Å². The van der Waals surface area contributed by atoms with E-state index in [1.807, 2.05) is 6.92 Å². The van der Waals surface area contributed by atoms with E-state index in [9.17, 15) is 9.18 Å². The number of rotatable bonds is 3. The molecular formula is C16H13FN2O2. The second kappa shape index (κ2) is 5.01. The molecule has 1 heterocycles. The lowest BCUT2D eigenvalue weighted by Crippen LogP contribution is -2.08. The summed E-state index contributed by atoms with van der Waals surface area (Å²) in [6, 6.07) is 11.0. The van der Waals surface area contributed by atoms with Crippen LogP contribution in [-0.4, -0.2) is 20.9 Å². The van der Waals surface area contributed by atoms with Crippen LogP contribution in [-0.2, 0) is 0 Å². The van der Waals surface area contributed by atoms with Gasteiger partial charge in [0.15, 0.2) is 0 Å². The number of aromatic nitrogens is 2. The maximum absolute atomic E-state index is 13.0. The number of carboxylic acids is 1. The molecule has 0 saturated heterocycles. The van der Waals surface area contributed by atoms with Gasteiger partial charge in [0, 0.05) is 5.39 Å². The first-order chi connectivity index (χ1) is 10.1. The lowest BCUT2D eigenvalue weighted by molar-refractivity contribution is 0.0697. The fourth-order valence-corrected chi connectivity index (χ4v) is 2.36. The van der Waals surface area contributed by atoms with Crippen molar-refractivity contribution in [2.45, 2.75) is 13.0 Å². The van der Waals surface area contributed by atoms with Crippen LogP contribution in [0.1, 0.15) is 28.9 Å². The molecule has 4 nitrogen and oxygen atoms in total. The molecule has 1 unspecified atom stereocenters. The van der Waals surface area contributed by atoms with Crippen LogP contribution in [0.3, 0.4) is 0 Å². The first kappa shape index (κ1) is 13.3. The van der Waals surface area contributed by atoms with E-state index in [4.69, 9.17) is 5.11 Å². The normalized spacial score (nSPS) is 12.5. The summed E-state index contributed by atoms with van der Waals surface area (Å²) >= 11 is 0. The summed E-state index contributed by atoms with van der Waals surface area (Å²) in [6.45, 7) is 1.94. The Labute approximate surface area is 120 Å². The van der Waals surface area contributed by atoms with E-state index < -0.39 is 5.97 Å². The minimum Gasteiger partial charge on any atom is -0.478 e. The summed E-state index contributed by atoms with van der Waals surface area (Å²) in [5.74, 6) is -1.26. The molecule has 5 heteroatoms. The Morgan fingerprint density at radius 2 is 1.95 bits per heavy atom. The molecule has 106 valence electrons. The summed E-state index contributed by atoms with van der Waals surface area (Å²) in [7, 11) is 0. The van der Waals surface area contributed by atoms with Gasteiger partial charge in [-0.25, -0.2) is 9.18 Å². The number of halogens is 1. The van der Waals surface area contributed by atoms with Crippen LogP contribution in [0.4, 0.5) is 4.39 Å². The fraction of sp³-hybridized carbons (Fsp3) is 0.125. The molecule has 0 bridgehead atoms. The molecule has 21 heavy (non-hydrogen) atoms. The number of carboxylic acid groups (broad SMARTS) is 1. The zero-order chi connectivity index (χ0) is 15.0. The van der Waals surface area contributed by atoms with Crippen LogP contribution in [0.25, 0.3) is 10.9 Å². The smallest absolute Gasteiger partial charge is 0.335 e. The molecule has 0 aliphatic rings. The largest absolute Gasteiger partial charge is 0.478 e. The summed E-state index contributed by atoms with van der Waals surface area (Å²) in [5.41, 5.74) is 1.87. The van der Waals surface area contributed by atoms with Crippen molar-refractivity contribution >= 4 is 16.9 Å². The highest BCUT2D eigenvalue weighted by Gasteiger charge is 2.14. The predicted molar refractivity (Wildman–Crippen MR) is 76.9 cm³/mol. The SMILES string of the molecule is CC(c1ccc(F)cc1)n1ncc2ccc(C(=O)O)cc21. The maximum Gasteiger partial charge on any atom is 0.335 e. The molecular weight excluding hydrogens is 271 g/mol. The predicted octanol–water partition coefficient (Wildman–Crippen LogP) is 3.48. The standard InChI is InChI=1S/C16H13FN2O2/c1-10(11-4-6-14(17)7-5-11)19-15-8-12(16(20)21)2-3-13(15)9-18-19/h2-10H,1H3,(H,20,21). The van der Waals surface area contributed by atoms with E-state index in [1.54, 1.807) is 41.2 Å². The lowest BCUT2D eigenvalue weighted by atomic mass is 10.1. The Morgan fingerprint density at radius 3 is 2.62 bits per heavy atom. The van der Waals surface area contributed by atoms with E-state index >= 15 is 0 Å². The fourth-order valence-electron chi connectivity index (χ4n) is 2.36. The number of benzene rings is 2. The van der Waals surface area contributed by atoms with Crippen molar-refractivity contribution < 1.29 is 14.3 Å². The van der Waals surface area contributed by atoms with Gasteiger partial charge < -0.3 is 5.11 Å². The van der Waals surface area contributed by atoms with Crippen molar-refractivity contribution in [3.05, 3.63) is 65.6 Å². The lowest BCUT2D eigenvalue weighted by Gasteiger charge is -2.14. The van der Waals surface area contributed by atoms with E-state index in [0.29, 0.717) is 0 Å². The van der Waals surface area contributed by atoms with Gasteiger partial charge in [0.1, 0.15) is 5.82 Å².